The van der Waals surface area contributed by atoms with Crippen molar-refractivity contribution in [1.29, 1.82) is 0 Å². The number of fused-ring (bicyclic) bond motifs is 1. The number of carbonyl (C=O) groups is 2. The average molecular weight is 369 g/mol. The molecular formula is C17H16F3N2O2S+. The molecule has 0 aromatic heterocycles. The predicted molar refractivity (Wildman–Crippen MR) is 88.3 cm³/mol. The summed E-state index contributed by atoms with van der Waals surface area (Å²) in [7, 11) is 0. The number of amides is 3. The highest BCUT2D eigenvalue weighted by atomic mass is 32.2. The van der Waals surface area contributed by atoms with E-state index in [4.69, 9.17) is 0 Å². The van der Waals surface area contributed by atoms with E-state index in [1.165, 1.54) is 34.5 Å². The number of hydrogen-bond acceptors (Lipinski definition) is 3. The number of halogens is 3. The number of urea groups is 1. The lowest BCUT2D eigenvalue weighted by Crippen LogP contribution is -2.55. The van der Waals surface area contributed by atoms with E-state index in [-0.39, 0.29) is 24.6 Å². The van der Waals surface area contributed by atoms with Gasteiger partial charge in [-0.1, -0.05) is 25.1 Å². The highest BCUT2D eigenvalue weighted by molar-refractivity contribution is 8.04. The monoisotopic (exact) mass is 369 g/mol. The van der Waals surface area contributed by atoms with Crippen molar-refractivity contribution in [3.05, 3.63) is 46.9 Å². The molecule has 8 heteroatoms. The molecule has 1 unspecified atom stereocenters. The van der Waals surface area contributed by atoms with Crippen LogP contribution < -0.4 is 0 Å². The van der Waals surface area contributed by atoms with Crippen molar-refractivity contribution in [2.24, 2.45) is 0 Å². The van der Waals surface area contributed by atoms with Gasteiger partial charge in [0, 0.05) is 5.56 Å². The van der Waals surface area contributed by atoms with Crippen molar-refractivity contribution in [3.8, 4) is 0 Å². The molecule has 0 saturated heterocycles. The van der Waals surface area contributed by atoms with E-state index in [0.717, 1.165) is 11.0 Å². The minimum absolute atomic E-state index is 0.00528. The number of imide groups is 1. The molecule has 2 aliphatic rings. The first-order valence-electron chi connectivity index (χ1n) is 7.81. The second-order valence-electron chi connectivity index (χ2n) is 5.76. The van der Waals surface area contributed by atoms with Crippen LogP contribution in [0.25, 0.3) is 0 Å². The maximum Gasteiger partial charge on any atom is 0.501 e. The number of alkyl halides is 3. The molecule has 0 N–H and O–H groups in total. The van der Waals surface area contributed by atoms with Crippen LogP contribution in [0.5, 0.6) is 0 Å². The molecule has 3 rings (SSSR count). The van der Waals surface area contributed by atoms with Gasteiger partial charge in [-0.2, -0.15) is 27.4 Å². The number of allylic oxidation sites excluding steroid dienone is 1. The number of benzene rings is 1. The van der Waals surface area contributed by atoms with Crippen LogP contribution in [0.3, 0.4) is 0 Å². The fourth-order valence-corrected chi connectivity index (χ4v) is 3.91. The smallest absolute Gasteiger partial charge is 0.245 e. The van der Waals surface area contributed by atoms with Crippen LogP contribution in [0.1, 0.15) is 24.5 Å². The third-order valence-electron chi connectivity index (χ3n) is 4.08. The van der Waals surface area contributed by atoms with Crippen LogP contribution in [0, 0.1) is 0 Å². The summed E-state index contributed by atoms with van der Waals surface area (Å²) in [5.74, 6) is -0.308. The molecule has 1 atom stereocenters. The maximum atomic E-state index is 13.2. The lowest BCUT2D eigenvalue weighted by Gasteiger charge is -2.24. The number of rotatable bonds is 4. The van der Waals surface area contributed by atoms with Crippen molar-refractivity contribution >= 4 is 29.4 Å². The van der Waals surface area contributed by atoms with Crippen LogP contribution >= 0.6 is 11.8 Å². The van der Waals surface area contributed by atoms with Gasteiger partial charge in [-0.3, -0.25) is 0 Å². The summed E-state index contributed by atoms with van der Waals surface area (Å²) in [5, 5.41) is 1.13. The number of thioether (sulfide) groups is 1. The molecule has 0 bridgehead atoms. The third-order valence-corrected chi connectivity index (χ3v) is 5.09. The molecule has 0 spiro atoms. The van der Waals surface area contributed by atoms with Crippen molar-refractivity contribution in [1.82, 2.24) is 4.90 Å². The first kappa shape index (κ1) is 17.7. The molecule has 2 heterocycles. The fourth-order valence-electron chi connectivity index (χ4n) is 2.95. The normalized spacial score (nSPS) is 20.5. The van der Waals surface area contributed by atoms with Gasteiger partial charge in [0.05, 0.1) is 12.1 Å². The van der Waals surface area contributed by atoms with Crippen molar-refractivity contribution in [2.75, 3.05) is 6.54 Å². The second kappa shape index (κ2) is 6.67. The highest BCUT2D eigenvalue weighted by Crippen LogP contribution is 2.33. The molecule has 2 aliphatic heterocycles. The first-order valence-corrected chi connectivity index (χ1v) is 8.75. The summed E-state index contributed by atoms with van der Waals surface area (Å²) in [4.78, 5) is 26.3. The minimum Gasteiger partial charge on any atom is -0.245 e. The van der Waals surface area contributed by atoms with Crippen molar-refractivity contribution in [2.45, 2.75) is 31.3 Å². The predicted octanol–water partition coefficient (Wildman–Crippen LogP) is 3.66. The summed E-state index contributed by atoms with van der Waals surface area (Å²) < 4.78 is 41.0. The molecule has 0 radical (unpaired) electrons. The van der Waals surface area contributed by atoms with Crippen LogP contribution in [-0.4, -0.2) is 38.9 Å². The van der Waals surface area contributed by atoms with E-state index >= 15 is 0 Å². The second-order valence-corrected chi connectivity index (χ2v) is 6.77. The van der Waals surface area contributed by atoms with Gasteiger partial charge in [0.2, 0.25) is 0 Å². The van der Waals surface area contributed by atoms with Crippen LogP contribution in [0.4, 0.5) is 18.0 Å². The first-order chi connectivity index (χ1) is 11.8. The molecule has 4 nitrogen and oxygen atoms in total. The Hall–Kier alpha value is -2.09. The summed E-state index contributed by atoms with van der Waals surface area (Å²) >= 11 is 1.27. The average Bonchev–Trinajstić information content (AvgIpc) is 3.04. The topological polar surface area (TPSA) is 40.4 Å². The zero-order valence-electron chi connectivity index (χ0n) is 13.4. The van der Waals surface area contributed by atoms with Gasteiger partial charge < -0.3 is 0 Å². The lowest BCUT2D eigenvalue weighted by atomic mass is 10.1. The number of hydrogen-bond donors (Lipinski definition) is 0. The largest absolute Gasteiger partial charge is 0.501 e. The van der Waals surface area contributed by atoms with Gasteiger partial charge in [-0.05, 0) is 24.0 Å². The highest BCUT2D eigenvalue weighted by Gasteiger charge is 2.49. The van der Waals surface area contributed by atoms with Gasteiger partial charge in [0.15, 0.2) is 5.25 Å². The Morgan fingerprint density at radius 1 is 1.24 bits per heavy atom. The molecule has 0 aliphatic carbocycles. The van der Waals surface area contributed by atoms with Crippen LogP contribution in [-0.2, 0) is 17.5 Å². The van der Waals surface area contributed by atoms with E-state index in [9.17, 15) is 22.8 Å². The van der Waals surface area contributed by atoms with Gasteiger partial charge >= 0.3 is 18.1 Å². The molecule has 25 heavy (non-hydrogen) atoms. The summed E-state index contributed by atoms with van der Waals surface area (Å²) in [6.45, 7) is 1.86. The Morgan fingerprint density at radius 3 is 2.64 bits per heavy atom. The zero-order valence-corrected chi connectivity index (χ0v) is 14.2. The summed E-state index contributed by atoms with van der Waals surface area (Å²) in [6, 6.07) is 4.62. The van der Waals surface area contributed by atoms with Gasteiger partial charge in [0.1, 0.15) is 12.3 Å². The van der Waals surface area contributed by atoms with E-state index in [2.05, 4.69) is 0 Å². The summed E-state index contributed by atoms with van der Waals surface area (Å²) in [5.41, 5.74) is -0.316. The maximum absolute atomic E-state index is 13.2. The molecule has 3 amide bonds. The SMILES string of the molecule is CCCN1C(=O)C2SC=CC2=[N+](Cc2ccccc2C(F)(F)F)C1=O. The third kappa shape index (κ3) is 3.22. The molecule has 0 saturated carbocycles. The quantitative estimate of drug-likeness (QED) is 0.761. The van der Waals surface area contributed by atoms with Gasteiger partial charge in [-0.15, -0.1) is 11.8 Å². The zero-order chi connectivity index (χ0) is 18.2. The number of carbonyl (C=O) groups excluding carboxylic acids is 2. The number of nitrogens with zero attached hydrogens (tertiary/aromatic N) is 2. The van der Waals surface area contributed by atoms with E-state index in [1.807, 2.05) is 6.92 Å². The molecular weight excluding hydrogens is 353 g/mol. The standard InChI is InChI=1S/C17H16F3N2O2S/c1-2-8-21-15(23)14-13(7-9-25-14)22(16(21)24)10-11-5-3-4-6-12(11)17(18,19)20/h3-7,9,14H,2,8,10H2,1H3/q+1. The Morgan fingerprint density at radius 2 is 1.96 bits per heavy atom. The summed E-state index contributed by atoms with van der Waals surface area (Å²) in [6.07, 6.45) is -2.28. The minimum atomic E-state index is -4.50. The van der Waals surface area contributed by atoms with Gasteiger partial charge in [-0.25, -0.2) is 4.79 Å². The van der Waals surface area contributed by atoms with Crippen molar-refractivity contribution in [3.63, 3.8) is 0 Å². The Labute approximate surface area is 147 Å². The van der Waals surface area contributed by atoms with Crippen molar-refractivity contribution < 1.29 is 27.3 Å². The molecule has 132 valence electrons. The molecule has 1 aromatic rings. The van der Waals surface area contributed by atoms with E-state index < -0.39 is 23.0 Å². The molecule has 0 fully saturated rings. The Balaban J connectivity index is 2.04. The van der Waals surface area contributed by atoms with E-state index in [1.54, 1.807) is 11.5 Å². The fraction of sp³-hybridized carbons (Fsp3) is 0.353. The van der Waals surface area contributed by atoms with Crippen LogP contribution in [0.2, 0.25) is 0 Å². The molecule has 1 aromatic carbocycles. The Kier molecular flexibility index (Phi) is 4.73. The van der Waals surface area contributed by atoms with E-state index in [0.29, 0.717) is 12.1 Å². The van der Waals surface area contributed by atoms with Gasteiger partial charge in [0.25, 0.3) is 0 Å². The lowest BCUT2D eigenvalue weighted by molar-refractivity contribution is -0.455. The van der Waals surface area contributed by atoms with Crippen LogP contribution in [0.15, 0.2) is 35.7 Å². The Bertz CT molecular complexity index is 786.